The number of hydrogen-bond donors (Lipinski definition) is 1. The summed E-state index contributed by atoms with van der Waals surface area (Å²) in [7, 11) is 0. The normalized spacial score (nSPS) is 10.8. The van der Waals surface area contributed by atoms with Crippen molar-refractivity contribution in [1.82, 2.24) is 15.3 Å². The fourth-order valence-corrected chi connectivity index (χ4v) is 2.68. The van der Waals surface area contributed by atoms with Crippen LogP contribution in [0.25, 0.3) is 0 Å². The van der Waals surface area contributed by atoms with Gasteiger partial charge >= 0.3 is 0 Å². The summed E-state index contributed by atoms with van der Waals surface area (Å²) in [4.78, 5) is 21.3. The number of hydrogen-bond acceptors (Lipinski definition) is 5. The topological polar surface area (TPSA) is 64.1 Å². The zero-order chi connectivity index (χ0) is 16.1. The molecule has 1 amide bonds. The molecule has 0 bridgehead atoms. The van der Waals surface area contributed by atoms with Gasteiger partial charge in [0.2, 0.25) is 0 Å². The number of nitrogens with zero attached hydrogens (tertiary/aromatic N) is 2. The van der Waals surface area contributed by atoms with E-state index in [1.807, 2.05) is 26.0 Å². The minimum absolute atomic E-state index is 0.0630. The van der Waals surface area contributed by atoms with Crippen molar-refractivity contribution in [2.45, 2.75) is 34.3 Å². The van der Waals surface area contributed by atoms with Crippen LogP contribution >= 0.6 is 11.3 Å². The predicted molar refractivity (Wildman–Crippen MR) is 87.3 cm³/mol. The van der Waals surface area contributed by atoms with Crippen LogP contribution in [0.2, 0.25) is 0 Å². The molecular formula is C16H21N3O2S. The summed E-state index contributed by atoms with van der Waals surface area (Å²) >= 11 is 1.37. The highest BCUT2D eigenvalue weighted by Gasteiger charge is 2.15. The second kappa shape index (κ2) is 7.35. The number of carbonyl (C=O) groups excluding carboxylic acids is 1. The fourth-order valence-electron chi connectivity index (χ4n) is 1.79. The second-order valence-electron chi connectivity index (χ2n) is 5.55. The Bertz CT molecular complexity index is 635. The summed E-state index contributed by atoms with van der Waals surface area (Å²) in [6.07, 6.45) is 1.69. The number of aromatic nitrogens is 2. The first kappa shape index (κ1) is 16.4. The van der Waals surface area contributed by atoms with Crippen LogP contribution in [0.3, 0.4) is 0 Å². The molecule has 0 aliphatic rings. The fraction of sp³-hybridized carbons (Fsp3) is 0.438. The van der Waals surface area contributed by atoms with Crippen molar-refractivity contribution in [3.05, 3.63) is 39.6 Å². The van der Waals surface area contributed by atoms with Crippen LogP contribution < -0.4 is 10.1 Å². The van der Waals surface area contributed by atoms with Crippen molar-refractivity contribution in [3.8, 4) is 5.75 Å². The number of carbonyl (C=O) groups is 1. The van der Waals surface area contributed by atoms with E-state index in [-0.39, 0.29) is 5.91 Å². The van der Waals surface area contributed by atoms with E-state index in [1.165, 1.54) is 11.3 Å². The minimum atomic E-state index is -0.0630. The van der Waals surface area contributed by atoms with E-state index in [0.29, 0.717) is 29.7 Å². The first-order valence-electron chi connectivity index (χ1n) is 7.25. The maximum absolute atomic E-state index is 12.1. The van der Waals surface area contributed by atoms with Crippen LogP contribution in [0.15, 0.2) is 18.3 Å². The van der Waals surface area contributed by atoms with Crippen molar-refractivity contribution in [2.24, 2.45) is 5.92 Å². The van der Waals surface area contributed by atoms with Crippen LogP contribution in [0.5, 0.6) is 5.75 Å². The summed E-state index contributed by atoms with van der Waals surface area (Å²) < 4.78 is 5.65. The number of aryl methyl sites for hydroxylation is 2. The predicted octanol–water partition coefficient (Wildman–Crippen LogP) is 3.12. The van der Waals surface area contributed by atoms with Gasteiger partial charge in [0, 0.05) is 12.2 Å². The standard InChI is InChI=1S/C16H21N3O2S/c1-10(2)7-18-16(20)15-12(4)19-14(22-15)9-21-13-6-5-11(3)17-8-13/h5-6,8,10H,7,9H2,1-4H3,(H,18,20). The zero-order valence-corrected chi connectivity index (χ0v) is 14.2. The Kier molecular flexibility index (Phi) is 5.49. The molecule has 0 fully saturated rings. The van der Waals surface area contributed by atoms with Crippen LogP contribution in [-0.4, -0.2) is 22.4 Å². The Morgan fingerprint density at radius 2 is 2.14 bits per heavy atom. The third-order valence-corrected chi connectivity index (χ3v) is 4.09. The van der Waals surface area contributed by atoms with E-state index >= 15 is 0 Å². The number of rotatable bonds is 6. The number of amides is 1. The highest BCUT2D eigenvalue weighted by atomic mass is 32.1. The lowest BCUT2D eigenvalue weighted by molar-refractivity contribution is 0.0952. The highest BCUT2D eigenvalue weighted by molar-refractivity contribution is 7.13. The lowest BCUT2D eigenvalue weighted by Crippen LogP contribution is -2.27. The van der Waals surface area contributed by atoms with E-state index in [9.17, 15) is 4.79 Å². The van der Waals surface area contributed by atoms with Gasteiger partial charge in [0.15, 0.2) is 0 Å². The summed E-state index contributed by atoms with van der Waals surface area (Å²) in [6, 6.07) is 3.77. The number of pyridine rings is 1. The van der Waals surface area contributed by atoms with Gasteiger partial charge in [-0.05, 0) is 31.9 Å². The first-order valence-corrected chi connectivity index (χ1v) is 8.07. The lowest BCUT2D eigenvalue weighted by atomic mass is 10.2. The van der Waals surface area contributed by atoms with Gasteiger partial charge in [-0.25, -0.2) is 4.98 Å². The van der Waals surface area contributed by atoms with Gasteiger partial charge in [-0.2, -0.15) is 0 Å². The van der Waals surface area contributed by atoms with Crippen molar-refractivity contribution < 1.29 is 9.53 Å². The molecule has 6 heteroatoms. The van der Waals surface area contributed by atoms with Gasteiger partial charge in [0.25, 0.3) is 5.91 Å². The average Bonchev–Trinajstić information content (AvgIpc) is 2.85. The van der Waals surface area contributed by atoms with Crippen molar-refractivity contribution in [2.75, 3.05) is 6.54 Å². The molecule has 0 aromatic carbocycles. The van der Waals surface area contributed by atoms with Gasteiger partial charge in [0.05, 0.1) is 11.9 Å². The third kappa shape index (κ3) is 4.53. The molecule has 1 N–H and O–H groups in total. The molecule has 0 saturated heterocycles. The minimum Gasteiger partial charge on any atom is -0.485 e. The van der Waals surface area contributed by atoms with Crippen molar-refractivity contribution in [1.29, 1.82) is 0 Å². The van der Waals surface area contributed by atoms with Crippen LogP contribution in [0, 0.1) is 19.8 Å². The molecule has 2 aromatic rings. The number of ether oxygens (including phenoxy) is 1. The Balaban J connectivity index is 1.97. The molecule has 22 heavy (non-hydrogen) atoms. The third-order valence-electron chi connectivity index (χ3n) is 2.96. The molecule has 0 aliphatic carbocycles. The summed E-state index contributed by atoms with van der Waals surface area (Å²) in [5.74, 6) is 1.06. The molecule has 0 radical (unpaired) electrons. The molecule has 118 valence electrons. The zero-order valence-electron chi connectivity index (χ0n) is 13.3. The van der Waals surface area contributed by atoms with Gasteiger partial charge < -0.3 is 10.1 Å². The molecule has 0 spiro atoms. The van der Waals surface area contributed by atoms with E-state index in [1.54, 1.807) is 6.20 Å². The van der Waals surface area contributed by atoms with Gasteiger partial charge in [-0.3, -0.25) is 9.78 Å². The van der Waals surface area contributed by atoms with E-state index in [4.69, 9.17) is 4.74 Å². The van der Waals surface area contributed by atoms with E-state index < -0.39 is 0 Å². The average molecular weight is 319 g/mol. The molecule has 2 rings (SSSR count). The number of nitrogens with one attached hydrogen (secondary N) is 1. The SMILES string of the molecule is Cc1ccc(OCc2nc(C)c(C(=O)NCC(C)C)s2)cn1. The highest BCUT2D eigenvalue weighted by Crippen LogP contribution is 2.20. The number of thiazole rings is 1. The van der Waals surface area contributed by atoms with Gasteiger partial charge in [-0.15, -0.1) is 11.3 Å². The van der Waals surface area contributed by atoms with Crippen LogP contribution in [0.4, 0.5) is 0 Å². The summed E-state index contributed by atoms with van der Waals surface area (Å²) in [5, 5.41) is 3.70. The summed E-state index contributed by atoms with van der Waals surface area (Å²) in [5.41, 5.74) is 1.69. The van der Waals surface area contributed by atoms with Crippen molar-refractivity contribution >= 4 is 17.2 Å². The molecule has 2 aromatic heterocycles. The largest absolute Gasteiger partial charge is 0.485 e. The van der Waals surface area contributed by atoms with Gasteiger partial charge in [0.1, 0.15) is 22.2 Å². The van der Waals surface area contributed by atoms with E-state index in [0.717, 1.165) is 16.4 Å². The first-order chi connectivity index (χ1) is 10.5. The Morgan fingerprint density at radius 3 is 2.77 bits per heavy atom. The molecule has 0 saturated carbocycles. The monoisotopic (exact) mass is 319 g/mol. The van der Waals surface area contributed by atoms with Crippen molar-refractivity contribution in [3.63, 3.8) is 0 Å². The maximum Gasteiger partial charge on any atom is 0.263 e. The quantitative estimate of drug-likeness (QED) is 0.888. The van der Waals surface area contributed by atoms with Crippen LogP contribution in [-0.2, 0) is 6.61 Å². The molecule has 5 nitrogen and oxygen atoms in total. The molecule has 0 atom stereocenters. The Hall–Kier alpha value is -1.95. The second-order valence-corrected chi connectivity index (χ2v) is 6.63. The molecule has 0 unspecified atom stereocenters. The molecule has 2 heterocycles. The van der Waals surface area contributed by atoms with Gasteiger partial charge in [-0.1, -0.05) is 13.8 Å². The van der Waals surface area contributed by atoms with Crippen LogP contribution in [0.1, 0.15) is 39.9 Å². The smallest absolute Gasteiger partial charge is 0.263 e. The molecular weight excluding hydrogens is 298 g/mol. The maximum atomic E-state index is 12.1. The Morgan fingerprint density at radius 1 is 1.36 bits per heavy atom. The molecule has 0 aliphatic heterocycles. The summed E-state index contributed by atoms with van der Waals surface area (Å²) in [6.45, 7) is 8.90. The lowest BCUT2D eigenvalue weighted by Gasteiger charge is -2.06. The van der Waals surface area contributed by atoms with E-state index in [2.05, 4.69) is 29.1 Å². The Labute approximate surface area is 134 Å².